The Kier molecular flexibility index (Phi) is 8.47. The molecule has 0 radical (unpaired) electrons. The molecule has 5 rings (SSSR count). The number of halogens is 2. The highest BCUT2D eigenvalue weighted by molar-refractivity contribution is 6.36. The molecule has 2 N–H and O–H groups in total. The number of hydrogen-bond donors (Lipinski definition) is 2. The van der Waals surface area contributed by atoms with Crippen molar-refractivity contribution in [3.05, 3.63) is 70.0 Å². The molecule has 1 aliphatic rings. The molecule has 1 fully saturated rings. The van der Waals surface area contributed by atoms with E-state index in [1.807, 2.05) is 45.0 Å². The maximum atomic E-state index is 12.5. The van der Waals surface area contributed by atoms with Crippen molar-refractivity contribution in [3.63, 3.8) is 0 Å². The van der Waals surface area contributed by atoms with E-state index in [1.165, 1.54) is 0 Å². The van der Waals surface area contributed by atoms with Gasteiger partial charge in [-0.25, -0.2) is 9.78 Å². The molecule has 0 bridgehead atoms. The monoisotopic (exact) mass is 610 g/mol. The average molecular weight is 612 g/mol. The lowest BCUT2D eigenvalue weighted by Gasteiger charge is -2.37. The van der Waals surface area contributed by atoms with E-state index in [-0.39, 0.29) is 12.0 Å². The molecular formula is C30H32Cl2N6O4. The number of ether oxygens (including phenoxy) is 2. The molecule has 0 aliphatic carbocycles. The quantitative estimate of drug-likeness (QED) is 0.254. The predicted molar refractivity (Wildman–Crippen MR) is 165 cm³/mol. The molecule has 0 unspecified atom stereocenters. The first kappa shape index (κ1) is 29.5. The van der Waals surface area contributed by atoms with Crippen LogP contribution in [0.25, 0.3) is 10.8 Å². The molecule has 1 amide bonds. The van der Waals surface area contributed by atoms with Crippen molar-refractivity contribution in [2.24, 2.45) is 0 Å². The standard InChI is InChI=1S/C30H32Cl2N6O4/c1-30(2,3)42-29(40)38-12-10-37(11-13-38)20-8-9-24(25(16-20)41-4)35-27-26-18(17-33-36-28(26)39)14-19(34-27)15-21-22(31)6-5-7-23(21)32/h5-9,14,16-17H,10-13,15H2,1-4H3,(H,34,35)(H,36,39). The molecule has 0 atom stereocenters. The Balaban J connectivity index is 1.40. The number of piperazine rings is 1. The lowest BCUT2D eigenvalue weighted by atomic mass is 10.1. The number of methoxy groups -OCH3 is 1. The molecule has 3 heterocycles. The fourth-order valence-electron chi connectivity index (χ4n) is 4.80. The number of anilines is 3. The van der Waals surface area contributed by atoms with Crippen molar-refractivity contribution < 1.29 is 19.4 Å². The normalized spacial score (nSPS) is 13.8. The summed E-state index contributed by atoms with van der Waals surface area (Å²) in [6, 6.07) is 13.0. The maximum Gasteiger partial charge on any atom is 0.410 e. The summed E-state index contributed by atoms with van der Waals surface area (Å²) < 4.78 is 11.3. The third-order valence-electron chi connectivity index (χ3n) is 6.83. The van der Waals surface area contributed by atoms with Gasteiger partial charge < -0.3 is 29.7 Å². The minimum absolute atomic E-state index is 0.247. The van der Waals surface area contributed by atoms with E-state index < -0.39 is 5.60 Å². The first-order valence-corrected chi connectivity index (χ1v) is 14.2. The van der Waals surface area contributed by atoms with Crippen molar-refractivity contribution in [2.45, 2.75) is 32.8 Å². The van der Waals surface area contributed by atoms with Gasteiger partial charge in [-0.15, -0.1) is 5.10 Å². The van der Waals surface area contributed by atoms with Gasteiger partial charge in [0.25, 0.3) is 0 Å². The van der Waals surface area contributed by atoms with Crippen LogP contribution in [-0.2, 0) is 11.2 Å². The summed E-state index contributed by atoms with van der Waals surface area (Å²) in [4.78, 5) is 21.2. The van der Waals surface area contributed by atoms with Crippen LogP contribution >= 0.6 is 23.2 Å². The van der Waals surface area contributed by atoms with Gasteiger partial charge in [-0.1, -0.05) is 29.3 Å². The minimum atomic E-state index is -0.533. The summed E-state index contributed by atoms with van der Waals surface area (Å²) in [6.45, 7) is 8.00. The lowest BCUT2D eigenvalue weighted by Crippen LogP contribution is -2.50. The van der Waals surface area contributed by atoms with Gasteiger partial charge in [0, 0.05) is 65.5 Å². The van der Waals surface area contributed by atoms with E-state index in [0.29, 0.717) is 76.4 Å². The lowest BCUT2D eigenvalue weighted by molar-refractivity contribution is 0.0240. The number of amides is 1. The fraction of sp³-hybridized carbons (Fsp3) is 0.333. The van der Waals surface area contributed by atoms with E-state index >= 15 is 0 Å². The third-order valence-corrected chi connectivity index (χ3v) is 7.54. The number of nitrogens with zero attached hydrogens (tertiary/aromatic N) is 5. The largest absolute Gasteiger partial charge is 0.494 e. The maximum absolute atomic E-state index is 12.5. The molecule has 1 saturated heterocycles. The highest BCUT2D eigenvalue weighted by atomic mass is 35.5. The fourth-order valence-corrected chi connectivity index (χ4v) is 5.33. The van der Waals surface area contributed by atoms with E-state index in [0.717, 1.165) is 11.3 Å². The van der Waals surface area contributed by atoms with Crippen LogP contribution in [0.2, 0.25) is 10.0 Å². The zero-order valence-corrected chi connectivity index (χ0v) is 25.3. The molecule has 2 aromatic carbocycles. The Morgan fingerprint density at radius 3 is 2.45 bits per heavy atom. The van der Waals surface area contributed by atoms with E-state index in [4.69, 9.17) is 37.7 Å². The van der Waals surface area contributed by atoms with Crippen molar-refractivity contribution >= 4 is 57.3 Å². The SMILES string of the molecule is COc1cc(N2CCN(C(=O)OC(C)(C)C)CC2)ccc1Nc1nc(Cc2c(Cl)cccc2Cl)cc2cnnc(O)c12. The zero-order valence-electron chi connectivity index (χ0n) is 23.8. The summed E-state index contributed by atoms with van der Waals surface area (Å²) in [6.07, 6.45) is 1.64. The molecular weight excluding hydrogens is 579 g/mol. The predicted octanol–water partition coefficient (Wildman–Crippen LogP) is 6.44. The Hall–Kier alpha value is -4.02. The smallest absolute Gasteiger partial charge is 0.410 e. The van der Waals surface area contributed by atoms with Gasteiger partial charge in [0.2, 0.25) is 5.88 Å². The van der Waals surface area contributed by atoms with Crippen molar-refractivity contribution in [1.82, 2.24) is 20.1 Å². The highest BCUT2D eigenvalue weighted by Gasteiger charge is 2.26. The number of aromatic nitrogens is 3. The van der Waals surface area contributed by atoms with E-state index in [2.05, 4.69) is 20.4 Å². The Labute approximate surface area is 254 Å². The number of carbonyl (C=O) groups excluding carboxylic acids is 1. The molecule has 4 aromatic rings. The Bertz CT molecular complexity index is 1600. The second-order valence-electron chi connectivity index (χ2n) is 10.9. The Morgan fingerprint density at radius 1 is 1.07 bits per heavy atom. The first-order valence-electron chi connectivity index (χ1n) is 13.5. The van der Waals surface area contributed by atoms with Crippen LogP contribution in [0.5, 0.6) is 11.6 Å². The van der Waals surface area contributed by atoms with Crippen LogP contribution in [0.1, 0.15) is 32.0 Å². The summed E-state index contributed by atoms with van der Waals surface area (Å²) in [5.74, 6) is 0.719. The number of hydrogen-bond acceptors (Lipinski definition) is 9. The van der Waals surface area contributed by atoms with Gasteiger partial charge in [-0.2, -0.15) is 5.10 Å². The molecule has 1 aliphatic heterocycles. The molecule has 220 valence electrons. The number of pyridine rings is 1. The van der Waals surface area contributed by atoms with Crippen LogP contribution in [0.4, 0.5) is 22.0 Å². The molecule has 0 spiro atoms. The van der Waals surface area contributed by atoms with Crippen LogP contribution < -0.4 is 15.0 Å². The number of nitrogens with one attached hydrogen (secondary N) is 1. The molecule has 10 nitrogen and oxygen atoms in total. The minimum Gasteiger partial charge on any atom is -0.494 e. The summed E-state index contributed by atoms with van der Waals surface area (Å²) in [7, 11) is 1.59. The summed E-state index contributed by atoms with van der Waals surface area (Å²) >= 11 is 12.8. The van der Waals surface area contributed by atoms with Crippen molar-refractivity contribution in [2.75, 3.05) is 43.5 Å². The van der Waals surface area contributed by atoms with Gasteiger partial charge in [-0.3, -0.25) is 0 Å². The zero-order chi connectivity index (χ0) is 30.0. The van der Waals surface area contributed by atoms with Crippen molar-refractivity contribution in [3.8, 4) is 11.6 Å². The second-order valence-corrected chi connectivity index (χ2v) is 11.8. The van der Waals surface area contributed by atoms with Gasteiger partial charge in [0.05, 0.1) is 24.4 Å². The molecule has 0 saturated carbocycles. The number of aromatic hydroxyl groups is 1. The number of carbonyl (C=O) groups is 1. The van der Waals surface area contributed by atoms with Crippen LogP contribution in [-0.4, -0.2) is 70.2 Å². The average Bonchev–Trinajstić information content (AvgIpc) is 2.94. The molecule has 42 heavy (non-hydrogen) atoms. The van der Waals surface area contributed by atoms with E-state index in [1.54, 1.807) is 36.4 Å². The van der Waals surface area contributed by atoms with Gasteiger partial charge in [0.15, 0.2) is 0 Å². The number of fused-ring (bicyclic) bond motifs is 1. The molecule has 12 heteroatoms. The van der Waals surface area contributed by atoms with Crippen LogP contribution in [0.15, 0.2) is 48.7 Å². The third kappa shape index (κ3) is 6.55. The van der Waals surface area contributed by atoms with Gasteiger partial charge in [-0.05, 0) is 56.7 Å². The van der Waals surface area contributed by atoms with Crippen LogP contribution in [0, 0.1) is 0 Å². The summed E-state index contributed by atoms with van der Waals surface area (Å²) in [5, 5.41) is 23.8. The topological polar surface area (TPSA) is 113 Å². The molecule has 2 aromatic heterocycles. The second kappa shape index (κ2) is 12.1. The van der Waals surface area contributed by atoms with Crippen molar-refractivity contribution in [1.29, 1.82) is 0 Å². The highest BCUT2D eigenvalue weighted by Crippen LogP contribution is 2.37. The number of rotatable bonds is 6. The van der Waals surface area contributed by atoms with Crippen LogP contribution in [0.3, 0.4) is 0 Å². The van der Waals surface area contributed by atoms with E-state index in [9.17, 15) is 9.90 Å². The van der Waals surface area contributed by atoms with Gasteiger partial charge in [0.1, 0.15) is 17.2 Å². The van der Waals surface area contributed by atoms with Gasteiger partial charge >= 0.3 is 6.09 Å². The first-order chi connectivity index (χ1) is 20.0. The number of benzene rings is 2. The Morgan fingerprint density at radius 2 is 1.79 bits per heavy atom. The summed E-state index contributed by atoms with van der Waals surface area (Å²) in [5.41, 5.74) is 2.49.